The maximum absolute atomic E-state index is 14.2. The van der Waals surface area contributed by atoms with Crippen LogP contribution in [0.5, 0.6) is 5.75 Å². The molecular weight excluding hydrogens is 512 g/mol. The van der Waals surface area contributed by atoms with E-state index in [0.29, 0.717) is 0 Å². The van der Waals surface area contributed by atoms with Crippen LogP contribution in [0.3, 0.4) is 0 Å². The van der Waals surface area contributed by atoms with Gasteiger partial charge in [0.15, 0.2) is 0 Å². The number of carbonyl (C=O) groups is 1. The van der Waals surface area contributed by atoms with Crippen molar-refractivity contribution in [1.82, 2.24) is 14.6 Å². The molecule has 1 fully saturated rings. The number of nitrogens with zero attached hydrogens (tertiary/aromatic N) is 1. The highest BCUT2D eigenvalue weighted by molar-refractivity contribution is 7.52. The summed E-state index contributed by atoms with van der Waals surface area (Å²) in [4.78, 5) is 38.1. The maximum Gasteiger partial charge on any atom is 0.459 e. The van der Waals surface area contributed by atoms with E-state index in [2.05, 4.69) is 10.1 Å². The molecule has 2 aromatic rings. The highest BCUT2D eigenvalue weighted by Crippen LogP contribution is 2.49. The van der Waals surface area contributed by atoms with Crippen molar-refractivity contribution in [2.75, 3.05) is 13.3 Å². The van der Waals surface area contributed by atoms with Crippen molar-refractivity contribution < 1.29 is 37.4 Å². The number of esters is 1. The van der Waals surface area contributed by atoms with E-state index in [1.165, 1.54) is 26.0 Å². The molecule has 37 heavy (non-hydrogen) atoms. The van der Waals surface area contributed by atoms with Gasteiger partial charge in [-0.25, -0.2) is 9.36 Å². The van der Waals surface area contributed by atoms with E-state index in [0.717, 1.165) is 16.8 Å². The highest BCUT2D eigenvalue weighted by atomic mass is 31.2. The van der Waals surface area contributed by atoms with Crippen LogP contribution < -0.4 is 20.9 Å². The Morgan fingerprint density at radius 3 is 2.54 bits per heavy atom. The molecule has 0 aliphatic carbocycles. The van der Waals surface area contributed by atoms with E-state index in [-0.39, 0.29) is 5.75 Å². The minimum absolute atomic E-state index is 0.168. The number of hydrogen-bond acceptors (Lipinski definition) is 9. The first-order chi connectivity index (χ1) is 17.4. The standard InChI is InChI=1S/C23H31FN3O9P/c1-14(2)34-20(30)15(3)26-37(32,36-16-8-6-5-7-9-16)33-12-17-19(29)23(4,13-24)21(35-17)27-11-10-18(28)25-22(27)31/h5-11,14-15,17,19,21,29H,12-13H2,1-4H3,(H,26,32)(H,25,28,31)/t15-,17?,19+,21?,23+,37-/m0/s1. The molecule has 1 aliphatic rings. The lowest BCUT2D eigenvalue weighted by atomic mass is 9.83. The summed E-state index contributed by atoms with van der Waals surface area (Å²) in [5.41, 5.74) is -3.12. The van der Waals surface area contributed by atoms with Crippen molar-refractivity contribution in [2.45, 2.75) is 58.3 Å². The van der Waals surface area contributed by atoms with Gasteiger partial charge in [0.25, 0.3) is 5.56 Å². The average Bonchev–Trinajstić information content (AvgIpc) is 3.08. The smallest absolute Gasteiger partial charge is 0.459 e. The quantitative estimate of drug-likeness (QED) is 0.282. The molecule has 204 valence electrons. The number of halogens is 1. The van der Waals surface area contributed by atoms with Crippen molar-refractivity contribution >= 4 is 13.7 Å². The Kier molecular flexibility index (Phi) is 9.09. The van der Waals surface area contributed by atoms with E-state index in [1.54, 1.807) is 32.0 Å². The number of aromatic amines is 1. The molecule has 1 saturated heterocycles. The van der Waals surface area contributed by atoms with Crippen molar-refractivity contribution in [3.8, 4) is 5.75 Å². The third kappa shape index (κ3) is 6.74. The predicted molar refractivity (Wildman–Crippen MR) is 130 cm³/mol. The number of aliphatic hydroxyl groups is 1. The molecule has 3 rings (SSSR count). The Morgan fingerprint density at radius 1 is 1.27 bits per heavy atom. The van der Waals surface area contributed by atoms with Gasteiger partial charge in [0.05, 0.1) is 24.2 Å². The Bertz CT molecular complexity index is 1240. The van der Waals surface area contributed by atoms with Gasteiger partial charge in [0.1, 0.15) is 30.8 Å². The number of para-hydroxylation sites is 1. The van der Waals surface area contributed by atoms with E-state index in [4.69, 9.17) is 18.5 Å². The Balaban J connectivity index is 1.83. The lowest BCUT2D eigenvalue weighted by molar-refractivity contribution is -0.149. The van der Waals surface area contributed by atoms with Gasteiger partial charge in [0, 0.05) is 12.3 Å². The average molecular weight is 543 g/mol. The van der Waals surface area contributed by atoms with Gasteiger partial charge >= 0.3 is 19.4 Å². The fraction of sp³-hybridized carbons (Fsp3) is 0.522. The van der Waals surface area contributed by atoms with Crippen molar-refractivity contribution in [3.63, 3.8) is 0 Å². The summed E-state index contributed by atoms with van der Waals surface area (Å²) in [5, 5.41) is 13.4. The number of ether oxygens (including phenoxy) is 2. The SMILES string of the molecule is CC(C)OC(=O)[C@H](C)N[P@](=O)(OCC1OC(n2ccc(=O)[nH]c2=O)[C@](C)(CF)[C@@H]1O)Oc1ccccc1. The Hall–Kier alpha value is -2.83. The summed E-state index contributed by atoms with van der Waals surface area (Å²) in [7, 11) is -4.28. The Labute approximate surface area is 212 Å². The molecule has 2 unspecified atom stereocenters. The minimum atomic E-state index is -4.28. The second kappa shape index (κ2) is 11.7. The summed E-state index contributed by atoms with van der Waals surface area (Å²) in [5.74, 6) is -0.530. The number of carbonyl (C=O) groups excluding carboxylic acids is 1. The molecule has 6 atom stereocenters. The molecule has 14 heteroatoms. The number of aromatic nitrogens is 2. The third-order valence-corrected chi connectivity index (χ3v) is 7.37. The summed E-state index contributed by atoms with van der Waals surface area (Å²) >= 11 is 0. The molecule has 1 aliphatic heterocycles. The first-order valence-corrected chi connectivity index (χ1v) is 13.1. The number of H-pyrrole nitrogens is 1. The van der Waals surface area contributed by atoms with Gasteiger partial charge < -0.3 is 19.1 Å². The number of aliphatic hydroxyl groups excluding tert-OH is 1. The van der Waals surface area contributed by atoms with Crippen LogP contribution in [-0.4, -0.2) is 58.3 Å². The summed E-state index contributed by atoms with van der Waals surface area (Å²) in [6.45, 7) is 4.44. The van der Waals surface area contributed by atoms with Gasteiger partial charge in [-0.1, -0.05) is 25.1 Å². The molecule has 12 nitrogen and oxygen atoms in total. The molecular formula is C23H31FN3O9P. The van der Waals surface area contributed by atoms with Gasteiger partial charge in [0.2, 0.25) is 0 Å². The highest BCUT2D eigenvalue weighted by Gasteiger charge is 2.55. The molecule has 2 heterocycles. The van der Waals surface area contributed by atoms with Crippen LogP contribution in [0.2, 0.25) is 0 Å². The molecule has 0 saturated carbocycles. The minimum Gasteiger partial charge on any atom is -0.462 e. The first-order valence-electron chi connectivity index (χ1n) is 11.6. The zero-order valence-corrected chi connectivity index (χ0v) is 21.7. The zero-order chi connectivity index (χ0) is 27.4. The normalized spacial score (nSPS) is 26.0. The van der Waals surface area contributed by atoms with E-state index in [9.17, 15) is 28.4 Å². The van der Waals surface area contributed by atoms with Gasteiger partial charge in [-0.15, -0.1) is 0 Å². The van der Waals surface area contributed by atoms with E-state index < -0.39 is 74.2 Å². The van der Waals surface area contributed by atoms with Gasteiger partial charge in [-0.05, 0) is 32.9 Å². The van der Waals surface area contributed by atoms with Crippen LogP contribution in [-0.2, 0) is 23.4 Å². The van der Waals surface area contributed by atoms with Crippen LogP contribution in [0.25, 0.3) is 0 Å². The summed E-state index contributed by atoms with van der Waals surface area (Å²) in [6, 6.07) is 7.99. The number of benzene rings is 1. The zero-order valence-electron chi connectivity index (χ0n) is 20.8. The molecule has 0 bridgehead atoms. The molecule has 3 N–H and O–H groups in total. The fourth-order valence-electron chi connectivity index (χ4n) is 3.74. The van der Waals surface area contributed by atoms with E-state index >= 15 is 0 Å². The van der Waals surface area contributed by atoms with Crippen LogP contribution in [0.15, 0.2) is 52.2 Å². The van der Waals surface area contributed by atoms with Crippen molar-refractivity contribution in [3.05, 3.63) is 63.4 Å². The second-order valence-electron chi connectivity index (χ2n) is 9.16. The molecule has 0 radical (unpaired) electrons. The number of alkyl halides is 1. The first kappa shape index (κ1) is 28.7. The summed E-state index contributed by atoms with van der Waals surface area (Å²) in [6.07, 6.45) is -3.36. The predicted octanol–water partition coefficient (Wildman–Crippen LogP) is 1.90. The van der Waals surface area contributed by atoms with E-state index in [1.807, 2.05) is 0 Å². The number of hydrogen-bond donors (Lipinski definition) is 3. The largest absolute Gasteiger partial charge is 0.462 e. The third-order valence-electron chi connectivity index (χ3n) is 5.72. The fourth-order valence-corrected chi connectivity index (χ4v) is 5.24. The molecule has 1 aromatic carbocycles. The van der Waals surface area contributed by atoms with Gasteiger partial charge in [-0.2, -0.15) is 5.09 Å². The topological polar surface area (TPSA) is 158 Å². The number of rotatable bonds is 11. The monoisotopic (exact) mass is 543 g/mol. The Morgan fingerprint density at radius 2 is 1.95 bits per heavy atom. The number of nitrogens with one attached hydrogen (secondary N) is 2. The molecule has 0 amide bonds. The molecule has 1 aromatic heterocycles. The van der Waals surface area contributed by atoms with Crippen LogP contribution in [0.4, 0.5) is 4.39 Å². The maximum atomic E-state index is 14.2. The van der Waals surface area contributed by atoms with Crippen LogP contribution >= 0.6 is 7.75 Å². The summed E-state index contributed by atoms with van der Waals surface area (Å²) < 4.78 is 50.8. The van der Waals surface area contributed by atoms with Crippen molar-refractivity contribution in [1.29, 1.82) is 0 Å². The lowest BCUT2D eigenvalue weighted by Gasteiger charge is -2.30. The second-order valence-corrected chi connectivity index (χ2v) is 10.9. The van der Waals surface area contributed by atoms with Crippen LogP contribution in [0.1, 0.15) is 33.9 Å². The molecule has 0 spiro atoms. The van der Waals surface area contributed by atoms with Crippen molar-refractivity contribution in [2.24, 2.45) is 5.41 Å². The van der Waals surface area contributed by atoms with Gasteiger partial charge in [-0.3, -0.25) is 28.1 Å². The lowest BCUT2D eigenvalue weighted by Crippen LogP contribution is -2.43. The van der Waals surface area contributed by atoms with Crippen LogP contribution in [0, 0.1) is 5.41 Å².